The van der Waals surface area contributed by atoms with Gasteiger partial charge in [0.25, 0.3) is 0 Å². The average Bonchev–Trinajstić information content (AvgIpc) is 3.42. The molecule has 5 rings (SSSR count). The molecule has 0 bridgehead atoms. The minimum atomic E-state index is -0.930. The largest absolute Gasteiger partial charge is 0.341 e. The summed E-state index contributed by atoms with van der Waals surface area (Å²) in [7, 11) is 0. The summed E-state index contributed by atoms with van der Waals surface area (Å²) in [6.07, 6.45) is 3.55. The van der Waals surface area contributed by atoms with Crippen molar-refractivity contribution < 1.29 is 13.2 Å². The summed E-state index contributed by atoms with van der Waals surface area (Å²) in [6, 6.07) is 8.49. The number of thioether (sulfide) groups is 1. The van der Waals surface area contributed by atoms with Gasteiger partial charge in [-0.3, -0.25) is 9.47 Å². The number of benzene rings is 2. The molecule has 0 saturated carbocycles. The van der Waals surface area contributed by atoms with Gasteiger partial charge in [0.05, 0.1) is 22.8 Å². The molecule has 0 unspecified atom stereocenters. The summed E-state index contributed by atoms with van der Waals surface area (Å²) in [5, 5.41) is 9.55. The molecule has 0 amide bonds. The van der Waals surface area contributed by atoms with E-state index < -0.39 is 11.6 Å². The third kappa shape index (κ3) is 4.49. The lowest BCUT2D eigenvalue weighted by molar-refractivity contribution is 0.167. The molecule has 4 aromatic rings. The molecule has 1 saturated heterocycles. The van der Waals surface area contributed by atoms with E-state index in [4.69, 9.17) is 0 Å². The number of halogens is 3. The van der Waals surface area contributed by atoms with Crippen molar-refractivity contribution in [1.82, 2.24) is 29.6 Å². The van der Waals surface area contributed by atoms with Crippen molar-refractivity contribution in [3.05, 3.63) is 65.5 Å². The Morgan fingerprint density at radius 3 is 2.48 bits per heavy atom. The lowest BCUT2D eigenvalue weighted by Gasteiger charge is -2.31. The summed E-state index contributed by atoms with van der Waals surface area (Å²) in [4.78, 5) is 9.78. The summed E-state index contributed by atoms with van der Waals surface area (Å²) >= 11 is 1.40. The van der Waals surface area contributed by atoms with Gasteiger partial charge in [-0.2, -0.15) is 0 Å². The maximum atomic E-state index is 13.6. The molecule has 1 aliphatic rings. The second-order valence-electron chi connectivity index (χ2n) is 8.18. The van der Waals surface area contributed by atoms with Crippen LogP contribution >= 0.6 is 11.8 Å². The van der Waals surface area contributed by atoms with Crippen LogP contribution < -0.4 is 0 Å². The highest BCUT2D eigenvalue weighted by atomic mass is 32.2. The molecule has 33 heavy (non-hydrogen) atoms. The first kappa shape index (κ1) is 22.0. The number of hydrogen-bond acceptors (Lipinski definition) is 5. The van der Waals surface area contributed by atoms with E-state index in [-0.39, 0.29) is 11.9 Å². The highest BCUT2D eigenvalue weighted by Crippen LogP contribution is 2.31. The number of likely N-dealkylation sites (tertiary alicyclic amines) is 1. The molecule has 1 atom stereocenters. The highest BCUT2D eigenvalue weighted by Gasteiger charge is 2.25. The van der Waals surface area contributed by atoms with Crippen LogP contribution in [0, 0.1) is 17.5 Å². The van der Waals surface area contributed by atoms with E-state index in [0.29, 0.717) is 27.8 Å². The van der Waals surface area contributed by atoms with Gasteiger partial charge >= 0.3 is 0 Å². The number of H-pyrrole nitrogens is 1. The third-order valence-corrected chi connectivity index (χ3v) is 6.91. The van der Waals surface area contributed by atoms with Gasteiger partial charge < -0.3 is 4.98 Å². The van der Waals surface area contributed by atoms with Crippen LogP contribution in [0.25, 0.3) is 16.7 Å². The van der Waals surface area contributed by atoms with Crippen LogP contribution in [0.4, 0.5) is 13.2 Å². The fourth-order valence-corrected chi connectivity index (χ4v) is 5.04. The first-order valence-electron chi connectivity index (χ1n) is 10.9. The van der Waals surface area contributed by atoms with Crippen molar-refractivity contribution in [2.24, 2.45) is 0 Å². The molecule has 10 heteroatoms. The van der Waals surface area contributed by atoms with Crippen LogP contribution in [0.1, 0.15) is 43.9 Å². The summed E-state index contributed by atoms with van der Waals surface area (Å²) < 4.78 is 42.6. The summed E-state index contributed by atoms with van der Waals surface area (Å²) in [6.45, 7) is 4.13. The van der Waals surface area contributed by atoms with Crippen molar-refractivity contribution in [1.29, 1.82) is 0 Å². The molecular weight excluding hydrogens is 449 g/mol. The molecule has 172 valence electrons. The van der Waals surface area contributed by atoms with Crippen molar-refractivity contribution in [2.45, 2.75) is 43.1 Å². The molecule has 1 N–H and O–H groups in total. The molecule has 2 aromatic heterocycles. The van der Waals surface area contributed by atoms with E-state index in [1.807, 2.05) is 4.57 Å². The summed E-state index contributed by atoms with van der Waals surface area (Å²) in [5.41, 5.74) is 1.57. The number of nitrogens with one attached hydrogen (secondary N) is 1. The van der Waals surface area contributed by atoms with Crippen molar-refractivity contribution in [3.8, 4) is 5.69 Å². The van der Waals surface area contributed by atoms with Gasteiger partial charge in [0.1, 0.15) is 11.6 Å². The number of hydrogen-bond donors (Lipinski definition) is 1. The molecular formula is C23H23F3N6S. The maximum absolute atomic E-state index is 13.6. The Morgan fingerprint density at radius 2 is 1.73 bits per heavy atom. The van der Waals surface area contributed by atoms with E-state index in [9.17, 15) is 13.2 Å². The lowest BCUT2D eigenvalue weighted by Crippen LogP contribution is -2.33. The molecule has 1 aliphatic heterocycles. The zero-order chi connectivity index (χ0) is 22.9. The fraction of sp³-hybridized carbons (Fsp3) is 0.348. The van der Waals surface area contributed by atoms with Gasteiger partial charge in [-0.15, -0.1) is 10.2 Å². The average molecular weight is 473 g/mol. The molecule has 0 spiro atoms. The Hall–Kier alpha value is -2.85. The van der Waals surface area contributed by atoms with Crippen LogP contribution in [-0.4, -0.2) is 42.7 Å². The number of piperidine rings is 1. The standard InChI is InChI=1S/C23H23F3N6S/c1-14(31-9-3-2-4-10-31)22-29-30-23(32(22)16-7-5-15(24)6-8-16)33-13-21-27-19-11-17(25)18(26)12-20(19)28-21/h5-8,11-12,14H,2-4,9-10,13H2,1H3,(H,27,28)/t14-/m1/s1. The summed E-state index contributed by atoms with van der Waals surface area (Å²) in [5.74, 6) is -0.402. The van der Waals surface area contributed by atoms with Crippen molar-refractivity contribution in [3.63, 3.8) is 0 Å². The van der Waals surface area contributed by atoms with Crippen LogP contribution in [-0.2, 0) is 5.75 Å². The lowest BCUT2D eigenvalue weighted by atomic mass is 10.1. The number of nitrogens with zero attached hydrogens (tertiary/aromatic N) is 5. The second-order valence-corrected chi connectivity index (χ2v) is 9.12. The normalized spacial score (nSPS) is 15.9. The minimum Gasteiger partial charge on any atom is -0.341 e. The Labute approximate surface area is 193 Å². The monoisotopic (exact) mass is 472 g/mol. The molecule has 6 nitrogen and oxygen atoms in total. The van der Waals surface area contributed by atoms with Crippen molar-refractivity contribution >= 4 is 22.8 Å². The minimum absolute atomic E-state index is 0.0503. The van der Waals surface area contributed by atoms with Gasteiger partial charge in [-0.25, -0.2) is 18.2 Å². The van der Waals surface area contributed by atoms with Crippen LogP contribution in [0.15, 0.2) is 41.6 Å². The van der Waals surface area contributed by atoms with E-state index in [1.165, 1.54) is 30.3 Å². The predicted molar refractivity (Wildman–Crippen MR) is 121 cm³/mol. The quantitative estimate of drug-likeness (QED) is 0.381. The number of aromatic amines is 1. The first-order valence-corrected chi connectivity index (χ1v) is 11.9. The molecule has 0 aliphatic carbocycles. The molecule has 1 fully saturated rings. The van der Waals surface area contributed by atoms with Gasteiger partial charge in [-0.1, -0.05) is 18.2 Å². The Bertz CT molecular complexity index is 1220. The topological polar surface area (TPSA) is 62.6 Å². The highest BCUT2D eigenvalue weighted by molar-refractivity contribution is 7.98. The Balaban J connectivity index is 1.45. The van der Waals surface area contributed by atoms with E-state index in [2.05, 4.69) is 32.0 Å². The third-order valence-electron chi connectivity index (χ3n) is 5.97. The van der Waals surface area contributed by atoms with Gasteiger partial charge in [0.2, 0.25) is 0 Å². The molecule has 0 radical (unpaired) electrons. The van der Waals surface area contributed by atoms with Crippen LogP contribution in [0.3, 0.4) is 0 Å². The number of fused-ring (bicyclic) bond motifs is 1. The van der Waals surface area contributed by atoms with Crippen LogP contribution in [0.2, 0.25) is 0 Å². The zero-order valence-corrected chi connectivity index (χ0v) is 18.9. The Kier molecular flexibility index (Phi) is 6.11. The SMILES string of the molecule is C[C@H](c1nnc(SCc2nc3cc(F)c(F)cc3[nH]2)n1-c1ccc(F)cc1)N1CCCCC1. The number of aromatic nitrogens is 5. The van der Waals surface area contributed by atoms with Gasteiger partial charge in [-0.05, 0) is 57.1 Å². The van der Waals surface area contributed by atoms with E-state index in [0.717, 1.165) is 49.6 Å². The van der Waals surface area contributed by atoms with E-state index >= 15 is 0 Å². The second kappa shape index (κ2) is 9.18. The maximum Gasteiger partial charge on any atom is 0.196 e. The van der Waals surface area contributed by atoms with Gasteiger partial charge in [0, 0.05) is 17.8 Å². The fourth-order valence-electron chi connectivity index (χ4n) is 4.21. The first-order chi connectivity index (χ1) is 16.0. The Morgan fingerprint density at radius 1 is 1.00 bits per heavy atom. The van der Waals surface area contributed by atoms with E-state index in [1.54, 1.807) is 12.1 Å². The number of imidazole rings is 1. The van der Waals surface area contributed by atoms with Crippen LogP contribution in [0.5, 0.6) is 0 Å². The number of rotatable bonds is 6. The predicted octanol–water partition coefficient (Wildman–Crippen LogP) is 5.40. The zero-order valence-electron chi connectivity index (χ0n) is 18.1. The van der Waals surface area contributed by atoms with Gasteiger partial charge in [0.15, 0.2) is 22.6 Å². The molecule has 2 aromatic carbocycles. The smallest absolute Gasteiger partial charge is 0.196 e. The van der Waals surface area contributed by atoms with Crippen molar-refractivity contribution in [2.75, 3.05) is 13.1 Å². The molecule has 3 heterocycles.